The van der Waals surface area contributed by atoms with Crippen molar-refractivity contribution >= 4 is 5.97 Å². The van der Waals surface area contributed by atoms with Crippen LogP contribution in [0.2, 0.25) is 0 Å². The molecule has 0 amide bonds. The topological polar surface area (TPSA) is 168 Å². The Bertz CT molecular complexity index is 233. The monoisotopic (exact) mass is 256 g/mol. The lowest BCUT2D eigenvalue weighted by Gasteiger charge is -2.26. The van der Waals surface area contributed by atoms with Crippen LogP contribution in [-0.2, 0) is 9.68 Å². The van der Waals surface area contributed by atoms with E-state index in [1.54, 1.807) is 0 Å². The van der Waals surface area contributed by atoms with Crippen molar-refractivity contribution in [3.63, 3.8) is 0 Å². The average Bonchev–Trinajstić information content (AvgIpc) is 2.32. The molecule has 0 spiro atoms. The van der Waals surface area contributed by atoms with Gasteiger partial charge in [-0.1, -0.05) is 0 Å². The van der Waals surface area contributed by atoms with Crippen LogP contribution < -0.4 is 0 Å². The van der Waals surface area contributed by atoms with Gasteiger partial charge >= 0.3 is 5.97 Å². The van der Waals surface area contributed by atoms with Crippen LogP contribution in [0.25, 0.3) is 0 Å². The maximum Gasteiger partial charge on any atom is 0.336 e. The zero-order valence-corrected chi connectivity index (χ0v) is 8.75. The van der Waals surface area contributed by atoms with E-state index in [0.29, 0.717) is 0 Å². The van der Waals surface area contributed by atoms with Gasteiger partial charge in [-0.25, -0.2) is 9.68 Å². The molecule has 7 N–H and O–H groups in total. The minimum absolute atomic E-state index is 0.706. The lowest BCUT2D eigenvalue weighted by molar-refractivity contribution is -0.283. The van der Waals surface area contributed by atoms with E-state index in [2.05, 4.69) is 4.89 Å². The van der Waals surface area contributed by atoms with E-state index in [9.17, 15) is 20.1 Å². The first-order valence-electron chi connectivity index (χ1n) is 4.71. The van der Waals surface area contributed by atoms with Gasteiger partial charge in [0.05, 0.1) is 12.7 Å². The van der Waals surface area contributed by atoms with Gasteiger partial charge in [0.15, 0.2) is 6.10 Å². The van der Waals surface area contributed by atoms with Crippen molar-refractivity contribution in [1.29, 1.82) is 0 Å². The molecule has 0 aromatic rings. The highest BCUT2D eigenvalue weighted by Gasteiger charge is 2.33. The second kappa shape index (κ2) is 7.50. The Labute approximate surface area is 96.1 Å². The van der Waals surface area contributed by atoms with E-state index in [0.717, 1.165) is 0 Å². The van der Waals surface area contributed by atoms with Crippen LogP contribution in [0.3, 0.4) is 0 Å². The predicted molar refractivity (Wildman–Crippen MR) is 50.9 cm³/mol. The molecule has 5 atom stereocenters. The molecule has 0 aromatic heterocycles. The fourth-order valence-corrected chi connectivity index (χ4v) is 1.11. The molecule has 0 heterocycles. The van der Waals surface area contributed by atoms with Crippen LogP contribution in [0.1, 0.15) is 6.42 Å². The fraction of sp³-hybridized carbons (Fsp3) is 0.875. The van der Waals surface area contributed by atoms with Crippen molar-refractivity contribution in [1.82, 2.24) is 0 Å². The summed E-state index contributed by atoms with van der Waals surface area (Å²) < 4.78 is 0. The van der Waals surface area contributed by atoms with Gasteiger partial charge in [0.25, 0.3) is 0 Å². The summed E-state index contributed by atoms with van der Waals surface area (Å²) in [6.07, 6.45) is -9.69. The Balaban J connectivity index is 4.38. The highest BCUT2D eigenvalue weighted by Crippen LogP contribution is 2.11. The molecule has 0 aliphatic rings. The lowest BCUT2D eigenvalue weighted by Crippen LogP contribution is -2.47. The van der Waals surface area contributed by atoms with Crippen molar-refractivity contribution in [3.8, 4) is 0 Å². The summed E-state index contributed by atoms with van der Waals surface area (Å²) >= 11 is 0. The number of aliphatic hydroxyl groups excluding tert-OH is 5. The molecule has 9 nitrogen and oxygen atoms in total. The first-order valence-corrected chi connectivity index (χ1v) is 4.71. The van der Waals surface area contributed by atoms with Gasteiger partial charge in [0.1, 0.15) is 18.3 Å². The Hall–Kier alpha value is -0.810. The highest BCUT2D eigenvalue weighted by molar-refractivity contribution is 5.72. The molecule has 9 heteroatoms. The summed E-state index contributed by atoms with van der Waals surface area (Å²) in [6, 6.07) is 0. The first-order chi connectivity index (χ1) is 7.84. The zero-order valence-electron chi connectivity index (χ0n) is 8.75. The third-order valence-corrected chi connectivity index (χ3v) is 2.18. The maximum absolute atomic E-state index is 10.4. The number of carboxylic acids is 1. The molecule has 0 bridgehead atoms. The highest BCUT2D eigenvalue weighted by atomic mass is 17.1. The summed E-state index contributed by atoms with van der Waals surface area (Å²) in [4.78, 5) is 14.0. The second-order valence-corrected chi connectivity index (χ2v) is 3.47. The third kappa shape index (κ3) is 4.91. The van der Waals surface area contributed by atoms with E-state index in [-0.39, 0.29) is 0 Å². The molecule has 17 heavy (non-hydrogen) atoms. The molecule has 0 saturated heterocycles. The van der Waals surface area contributed by atoms with E-state index >= 15 is 0 Å². The second-order valence-electron chi connectivity index (χ2n) is 3.47. The minimum atomic E-state index is -1.89. The number of rotatable bonds is 8. The van der Waals surface area contributed by atoms with Crippen LogP contribution in [0.5, 0.6) is 0 Å². The number of carboxylic acid groups (broad SMARTS) is 1. The summed E-state index contributed by atoms with van der Waals surface area (Å²) in [5, 5.41) is 62.0. The summed E-state index contributed by atoms with van der Waals surface area (Å²) in [5.74, 6) is -1.57. The molecule has 0 aromatic carbocycles. The largest absolute Gasteiger partial charge is 0.479 e. The Morgan fingerprint density at radius 3 is 1.88 bits per heavy atom. The van der Waals surface area contributed by atoms with Gasteiger partial charge in [-0.3, -0.25) is 5.26 Å². The normalized spacial score (nSPS) is 20.4. The SMILES string of the molecule is O=C(O)C(CC(O)C(O)C(O)C(O)CO)OO. The number of aliphatic hydroxyl groups is 5. The van der Waals surface area contributed by atoms with Crippen LogP contribution in [0.15, 0.2) is 0 Å². The quantitative estimate of drug-likeness (QED) is 0.174. The predicted octanol–water partition coefficient (Wildman–Crippen LogP) is -3.24. The van der Waals surface area contributed by atoms with Gasteiger partial charge in [-0.15, -0.1) is 0 Å². The molecular formula is C8H16O9. The molecule has 0 fully saturated rings. The Kier molecular flexibility index (Phi) is 7.15. The summed E-state index contributed by atoms with van der Waals surface area (Å²) in [5.41, 5.74) is 0. The third-order valence-electron chi connectivity index (χ3n) is 2.18. The maximum atomic E-state index is 10.4. The van der Waals surface area contributed by atoms with E-state index in [1.807, 2.05) is 0 Å². The molecular weight excluding hydrogens is 240 g/mol. The molecule has 5 unspecified atom stereocenters. The van der Waals surface area contributed by atoms with Crippen molar-refractivity contribution in [3.05, 3.63) is 0 Å². The van der Waals surface area contributed by atoms with Gasteiger partial charge in [0.2, 0.25) is 0 Å². The van der Waals surface area contributed by atoms with Crippen LogP contribution >= 0.6 is 0 Å². The molecule has 0 aliphatic carbocycles. The number of aliphatic carboxylic acids is 1. The molecule has 0 rings (SSSR count). The van der Waals surface area contributed by atoms with Crippen LogP contribution in [0, 0.1) is 0 Å². The van der Waals surface area contributed by atoms with Crippen LogP contribution in [-0.4, -0.2) is 79.0 Å². The molecule has 102 valence electrons. The standard InChI is InChI=1S/C8H16O9/c9-2-4(11)7(13)6(12)3(10)1-5(17-16)8(14)15/h3-7,9-13,16H,1-2H2,(H,14,15). The van der Waals surface area contributed by atoms with Crippen molar-refractivity contribution in [2.75, 3.05) is 6.61 Å². The zero-order chi connectivity index (χ0) is 13.6. The van der Waals surface area contributed by atoms with Gasteiger partial charge in [-0.05, 0) is 0 Å². The molecule has 0 aliphatic heterocycles. The van der Waals surface area contributed by atoms with Gasteiger partial charge < -0.3 is 30.6 Å². The minimum Gasteiger partial charge on any atom is -0.479 e. The molecule has 0 saturated carbocycles. The van der Waals surface area contributed by atoms with Crippen molar-refractivity contribution in [2.45, 2.75) is 36.9 Å². The summed E-state index contributed by atoms with van der Waals surface area (Å²) in [6.45, 7) is -0.843. The fourth-order valence-electron chi connectivity index (χ4n) is 1.11. The van der Waals surface area contributed by atoms with Crippen molar-refractivity contribution < 1.29 is 45.6 Å². The smallest absolute Gasteiger partial charge is 0.336 e. The number of hydrogen-bond acceptors (Lipinski definition) is 8. The van der Waals surface area contributed by atoms with E-state index in [4.69, 9.17) is 20.6 Å². The Morgan fingerprint density at radius 1 is 1.06 bits per heavy atom. The Morgan fingerprint density at radius 2 is 1.53 bits per heavy atom. The average molecular weight is 256 g/mol. The number of hydrogen-bond donors (Lipinski definition) is 7. The van der Waals surface area contributed by atoms with Crippen molar-refractivity contribution in [2.24, 2.45) is 0 Å². The van der Waals surface area contributed by atoms with Crippen LogP contribution in [0.4, 0.5) is 0 Å². The lowest BCUT2D eigenvalue weighted by atomic mass is 9.99. The first kappa shape index (κ1) is 16.2. The van der Waals surface area contributed by atoms with E-state index in [1.165, 1.54) is 0 Å². The summed E-state index contributed by atoms with van der Waals surface area (Å²) in [7, 11) is 0. The van der Waals surface area contributed by atoms with Gasteiger partial charge in [0, 0.05) is 6.42 Å². The van der Waals surface area contributed by atoms with Gasteiger partial charge in [-0.2, -0.15) is 0 Å². The number of carbonyl (C=O) groups is 1. The molecule has 0 radical (unpaired) electrons. The van der Waals surface area contributed by atoms with E-state index < -0.39 is 49.5 Å².